The van der Waals surface area contributed by atoms with Crippen LogP contribution in [0.1, 0.15) is 12.5 Å². The van der Waals surface area contributed by atoms with Gasteiger partial charge in [-0.1, -0.05) is 0 Å². The van der Waals surface area contributed by atoms with Crippen LogP contribution in [0.25, 0.3) is 0 Å². The zero-order valence-electron chi connectivity index (χ0n) is 14.3. The summed E-state index contributed by atoms with van der Waals surface area (Å²) in [6.45, 7) is 2.97. The van der Waals surface area contributed by atoms with E-state index in [0.717, 1.165) is 18.2 Å². The van der Waals surface area contributed by atoms with Gasteiger partial charge in [-0.3, -0.25) is 4.79 Å². The molecule has 0 saturated heterocycles. The third-order valence-electron chi connectivity index (χ3n) is 3.59. The molecular weight excluding hydrogens is 366 g/mol. The van der Waals surface area contributed by atoms with Crippen molar-refractivity contribution >= 4 is 21.6 Å². The van der Waals surface area contributed by atoms with E-state index in [1.807, 2.05) is 0 Å². The number of ether oxygens (including phenoxy) is 1. The van der Waals surface area contributed by atoms with Crippen molar-refractivity contribution in [2.45, 2.75) is 24.8 Å². The van der Waals surface area contributed by atoms with Gasteiger partial charge in [0.25, 0.3) is 0 Å². The third kappa shape index (κ3) is 4.55. The molecule has 0 radical (unpaired) electrons. The van der Waals surface area contributed by atoms with Gasteiger partial charge in [0, 0.05) is 6.07 Å². The largest absolute Gasteiger partial charge is 0.496 e. The van der Waals surface area contributed by atoms with Gasteiger partial charge in [-0.2, -0.15) is 4.72 Å². The van der Waals surface area contributed by atoms with Crippen LogP contribution in [0.15, 0.2) is 41.3 Å². The lowest BCUT2D eigenvalue weighted by molar-refractivity contribution is -0.117. The smallest absolute Gasteiger partial charge is 0.242 e. The fourth-order valence-corrected chi connectivity index (χ4v) is 3.49. The Kier molecular flexibility index (Phi) is 5.94. The van der Waals surface area contributed by atoms with Gasteiger partial charge in [0.1, 0.15) is 17.4 Å². The number of anilines is 1. The molecule has 2 N–H and O–H groups in total. The van der Waals surface area contributed by atoms with Crippen LogP contribution in [0, 0.1) is 18.6 Å². The van der Waals surface area contributed by atoms with E-state index >= 15 is 0 Å². The van der Waals surface area contributed by atoms with Crippen molar-refractivity contribution in [2.75, 3.05) is 12.4 Å². The van der Waals surface area contributed by atoms with Gasteiger partial charge in [-0.15, -0.1) is 0 Å². The Morgan fingerprint density at radius 2 is 1.85 bits per heavy atom. The summed E-state index contributed by atoms with van der Waals surface area (Å²) in [4.78, 5) is 12.1. The summed E-state index contributed by atoms with van der Waals surface area (Å²) in [5.74, 6) is -1.87. The molecule has 26 heavy (non-hydrogen) atoms. The number of sulfonamides is 1. The molecule has 2 aromatic rings. The summed E-state index contributed by atoms with van der Waals surface area (Å²) in [7, 11) is -2.53. The first-order valence-electron chi connectivity index (χ1n) is 7.57. The second-order valence-electron chi connectivity index (χ2n) is 5.59. The van der Waals surface area contributed by atoms with Crippen LogP contribution in [-0.4, -0.2) is 27.5 Å². The first kappa shape index (κ1) is 19.8. The van der Waals surface area contributed by atoms with Gasteiger partial charge in [-0.25, -0.2) is 17.2 Å². The van der Waals surface area contributed by atoms with E-state index in [1.165, 1.54) is 32.2 Å². The average molecular weight is 384 g/mol. The van der Waals surface area contributed by atoms with Crippen molar-refractivity contribution in [1.29, 1.82) is 0 Å². The number of carbonyl (C=O) groups is 1. The third-order valence-corrected chi connectivity index (χ3v) is 5.13. The number of halogens is 2. The normalized spacial score (nSPS) is 12.5. The molecule has 1 unspecified atom stereocenters. The topological polar surface area (TPSA) is 84.5 Å². The summed E-state index contributed by atoms with van der Waals surface area (Å²) in [5.41, 5.74) is 0.232. The van der Waals surface area contributed by atoms with Gasteiger partial charge >= 0.3 is 0 Å². The highest BCUT2D eigenvalue weighted by molar-refractivity contribution is 7.89. The number of carbonyl (C=O) groups excluding carboxylic acids is 1. The predicted molar refractivity (Wildman–Crippen MR) is 92.5 cm³/mol. The van der Waals surface area contributed by atoms with Gasteiger partial charge in [0.2, 0.25) is 15.9 Å². The van der Waals surface area contributed by atoms with Crippen LogP contribution in [0.4, 0.5) is 14.5 Å². The number of aryl methyl sites for hydroxylation is 1. The van der Waals surface area contributed by atoms with Crippen LogP contribution in [0.3, 0.4) is 0 Å². The maximum Gasteiger partial charge on any atom is 0.242 e. The Balaban J connectivity index is 2.14. The van der Waals surface area contributed by atoms with Gasteiger partial charge in [0.05, 0.1) is 23.7 Å². The maximum absolute atomic E-state index is 13.6. The Morgan fingerprint density at radius 1 is 1.15 bits per heavy atom. The monoisotopic (exact) mass is 384 g/mol. The Morgan fingerprint density at radius 3 is 2.46 bits per heavy atom. The highest BCUT2D eigenvalue weighted by atomic mass is 32.2. The fraction of sp³-hybridized carbons (Fsp3) is 0.235. The molecule has 0 aliphatic heterocycles. The predicted octanol–water partition coefficient (Wildman–Crippen LogP) is 2.59. The first-order valence-corrected chi connectivity index (χ1v) is 9.05. The minimum Gasteiger partial charge on any atom is -0.496 e. The molecule has 0 saturated carbocycles. The van der Waals surface area contributed by atoms with Crippen LogP contribution < -0.4 is 14.8 Å². The number of methoxy groups -OCH3 is 1. The van der Waals surface area contributed by atoms with E-state index in [1.54, 1.807) is 6.92 Å². The summed E-state index contributed by atoms with van der Waals surface area (Å²) in [6, 6.07) is 5.59. The summed E-state index contributed by atoms with van der Waals surface area (Å²) in [6.07, 6.45) is 0. The highest BCUT2D eigenvalue weighted by Gasteiger charge is 2.23. The van der Waals surface area contributed by atoms with E-state index in [-0.39, 0.29) is 10.6 Å². The molecule has 0 bridgehead atoms. The first-order chi connectivity index (χ1) is 12.1. The Hall–Kier alpha value is -2.52. The van der Waals surface area contributed by atoms with E-state index in [9.17, 15) is 22.0 Å². The van der Waals surface area contributed by atoms with Crippen LogP contribution in [0.2, 0.25) is 0 Å². The average Bonchev–Trinajstić information content (AvgIpc) is 2.57. The fourth-order valence-electron chi connectivity index (χ4n) is 2.21. The maximum atomic E-state index is 13.6. The minimum atomic E-state index is -4.00. The van der Waals surface area contributed by atoms with Crippen molar-refractivity contribution < 1.29 is 26.7 Å². The zero-order valence-corrected chi connectivity index (χ0v) is 15.2. The van der Waals surface area contributed by atoms with Crippen molar-refractivity contribution in [3.8, 4) is 5.75 Å². The number of hydrogen-bond acceptors (Lipinski definition) is 4. The van der Waals surface area contributed by atoms with Gasteiger partial charge in [-0.05, 0) is 49.7 Å². The van der Waals surface area contributed by atoms with Crippen LogP contribution in [-0.2, 0) is 14.8 Å². The molecule has 0 aliphatic rings. The summed E-state index contributed by atoms with van der Waals surface area (Å²) >= 11 is 0. The molecule has 0 aromatic heterocycles. The number of hydrogen-bond donors (Lipinski definition) is 2. The van der Waals surface area contributed by atoms with Crippen LogP contribution >= 0.6 is 0 Å². The minimum absolute atomic E-state index is 0.0487. The molecule has 1 atom stereocenters. The number of rotatable bonds is 6. The lowest BCUT2D eigenvalue weighted by Gasteiger charge is -2.15. The molecule has 0 fully saturated rings. The highest BCUT2D eigenvalue weighted by Crippen LogP contribution is 2.21. The second kappa shape index (κ2) is 7.79. The van der Waals surface area contributed by atoms with Crippen molar-refractivity contribution in [3.05, 3.63) is 53.6 Å². The summed E-state index contributed by atoms with van der Waals surface area (Å²) in [5, 5.41) is 2.15. The zero-order chi connectivity index (χ0) is 19.5. The molecule has 0 aliphatic carbocycles. The van der Waals surface area contributed by atoms with Gasteiger partial charge in [0.15, 0.2) is 0 Å². The Bertz CT molecular complexity index is 932. The SMILES string of the molecule is COc1ccc(S(=O)(=O)NC(C)C(=O)Nc2cc(F)ccc2F)cc1C. The second-order valence-corrected chi connectivity index (χ2v) is 7.30. The quantitative estimate of drug-likeness (QED) is 0.802. The van der Waals surface area contributed by atoms with Crippen molar-refractivity contribution in [3.63, 3.8) is 0 Å². The van der Waals surface area contributed by atoms with E-state index in [0.29, 0.717) is 11.3 Å². The van der Waals surface area contributed by atoms with Crippen molar-refractivity contribution in [2.24, 2.45) is 0 Å². The van der Waals surface area contributed by atoms with Crippen molar-refractivity contribution in [1.82, 2.24) is 4.72 Å². The molecule has 2 aromatic carbocycles. The number of benzene rings is 2. The van der Waals surface area contributed by atoms with E-state index in [4.69, 9.17) is 4.74 Å². The number of nitrogens with one attached hydrogen (secondary N) is 2. The molecule has 9 heteroatoms. The molecule has 1 amide bonds. The van der Waals surface area contributed by atoms with Gasteiger partial charge < -0.3 is 10.1 Å². The Labute approximate surface area is 150 Å². The molecule has 2 rings (SSSR count). The molecule has 0 spiro atoms. The molecule has 6 nitrogen and oxygen atoms in total. The number of amides is 1. The molecular formula is C17H18F2N2O4S. The standard InChI is InChI=1S/C17H18F2N2O4S/c1-10-8-13(5-7-16(10)25-3)26(23,24)21-11(2)17(22)20-15-9-12(18)4-6-14(15)19/h4-9,11,21H,1-3H3,(H,20,22). The van der Waals surface area contributed by atoms with Crippen LogP contribution in [0.5, 0.6) is 5.75 Å². The lowest BCUT2D eigenvalue weighted by atomic mass is 10.2. The van der Waals surface area contributed by atoms with E-state index in [2.05, 4.69) is 10.0 Å². The summed E-state index contributed by atoms with van der Waals surface area (Å²) < 4.78 is 58.8. The van der Waals surface area contributed by atoms with E-state index < -0.39 is 33.6 Å². The molecule has 140 valence electrons. The lowest BCUT2D eigenvalue weighted by Crippen LogP contribution is -2.41. The molecule has 0 heterocycles.